The van der Waals surface area contributed by atoms with Gasteiger partial charge in [-0.2, -0.15) is 0 Å². The number of hydrogen-bond acceptors (Lipinski definition) is 1. The van der Waals surface area contributed by atoms with Gasteiger partial charge in [-0.25, -0.2) is 0 Å². The van der Waals surface area contributed by atoms with Gasteiger partial charge in [0, 0.05) is 19.8 Å². The predicted octanol–water partition coefficient (Wildman–Crippen LogP) is 6.16. The van der Waals surface area contributed by atoms with Crippen molar-refractivity contribution in [1.29, 1.82) is 0 Å². The lowest BCUT2D eigenvalue weighted by Crippen LogP contribution is -2.25. The second-order valence-corrected chi connectivity index (χ2v) is 10.1. The maximum atomic E-state index is 2.45. The Bertz CT molecular complexity index is 428. The highest BCUT2D eigenvalue weighted by Crippen LogP contribution is 2.53. The van der Waals surface area contributed by atoms with E-state index in [1.54, 1.807) is 5.30 Å². The first-order valence-corrected chi connectivity index (χ1v) is 11.2. The molecule has 0 aromatic heterocycles. The molecule has 1 nitrogen and oxygen atoms in total. The van der Waals surface area contributed by atoms with E-state index in [0.29, 0.717) is 0 Å². The second-order valence-electron chi connectivity index (χ2n) is 7.34. The molecule has 0 heterocycles. The smallest absolute Gasteiger partial charge is 0.0361 e. The lowest BCUT2D eigenvalue weighted by atomic mass is 10.0. The molecule has 1 unspecified atom stereocenters. The summed E-state index contributed by atoms with van der Waals surface area (Å²) in [4.78, 5) is 2.21. The third-order valence-electron chi connectivity index (χ3n) is 5.27. The molecule has 130 valence electrons. The van der Waals surface area contributed by atoms with E-state index < -0.39 is 0 Å². The van der Waals surface area contributed by atoms with Crippen molar-refractivity contribution < 1.29 is 0 Å². The topological polar surface area (TPSA) is 3.24 Å². The SMILES string of the molecule is CCCC(CCC)P(c1ccc(N(C)C)cc1)C1CCCCC1. The molecular formula is C21H36NP. The van der Waals surface area contributed by atoms with Crippen LogP contribution in [-0.4, -0.2) is 25.4 Å². The van der Waals surface area contributed by atoms with Gasteiger partial charge in [0.25, 0.3) is 0 Å². The maximum absolute atomic E-state index is 2.45. The fourth-order valence-electron chi connectivity index (χ4n) is 4.09. The average Bonchev–Trinajstić information content (AvgIpc) is 2.57. The van der Waals surface area contributed by atoms with Crippen LogP contribution in [0.5, 0.6) is 0 Å². The number of hydrogen-bond donors (Lipinski definition) is 0. The van der Waals surface area contributed by atoms with Gasteiger partial charge in [0.15, 0.2) is 0 Å². The summed E-state index contributed by atoms with van der Waals surface area (Å²) in [5, 5.41) is 1.67. The molecule has 0 spiro atoms. The van der Waals surface area contributed by atoms with Crippen molar-refractivity contribution in [3.8, 4) is 0 Å². The minimum Gasteiger partial charge on any atom is -0.378 e. The van der Waals surface area contributed by atoms with Gasteiger partial charge in [-0.1, -0.05) is 66.0 Å². The Kier molecular flexibility index (Phi) is 7.90. The van der Waals surface area contributed by atoms with Crippen LogP contribution in [-0.2, 0) is 0 Å². The first-order chi connectivity index (χ1) is 11.2. The Morgan fingerprint density at radius 2 is 1.52 bits per heavy atom. The molecule has 0 aliphatic heterocycles. The molecule has 0 bridgehead atoms. The molecule has 1 fully saturated rings. The van der Waals surface area contributed by atoms with Crippen LogP contribution in [0.25, 0.3) is 0 Å². The summed E-state index contributed by atoms with van der Waals surface area (Å²) in [5.74, 6) is 0. The van der Waals surface area contributed by atoms with Crippen LogP contribution in [0.3, 0.4) is 0 Å². The standard InChI is InChI=1S/C21H36NP/c1-5-10-19(11-6-2)23(20-12-8-7-9-13-20)21-16-14-18(15-17-21)22(3)4/h14-17,19-20H,5-13H2,1-4H3. The van der Waals surface area contributed by atoms with E-state index in [2.05, 4.69) is 57.1 Å². The third-order valence-corrected chi connectivity index (χ3v) is 8.77. The van der Waals surface area contributed by atoms with Crippen LogP contribution in [0.2, 0.25) is 0 Å². The van der Waals surface area contributed by atoms with Crippen LogP contribution in [0.15, 0.2) is 24.3 Å². The van der Waals surface area contributed by atoms with E-state index in [1.807, 2.05) is 0 Å². The monoisotopic (exact) mass is 333 g/mol. The van der Waals surface area contributed by atoms with E-state index in [0.717, 1.165) is 11.3 Å². The molecule has 2 rings (SSSR count). The van der Waals surface area contributed by atoms with E-state index in [4.69, 9.17) is 0 Å². The summed E-state index contributed by atoms with van der Waals surface area (Å²) >= 11 is 0. The Hall–Kier alpha value is -0.550. The summed E-state index contributed by atoms with van der Waals surface area (Å²) in [7, 11) is 4.27. The van der Waals surface area contributed by atoms with Crippen LogP contribution >= 0.6 is 7.92 Å². The highest BCUT2D eigenvalue weighted by atomic mass is 31.1. The fourth-order valence-corrected chi connectivity index (χ4v) is 8.02. The van der Waals surface area contributed by atoms with Crippen molar-refractivity contribution in [3.05, 3.63) is 24.3 Å². The molecule has 1 aliphatic carbocycles. The second kappa shape index (κ2) is 9.67. The van der Waals surface area contributed by atoms with E-state index in [9.17, 15) is 0 Å². The molecule has 1 aromatic rings. The van der Waals surface area contributed by atoms with E-state index in [-0.39, 0.29) is 7.92 Å². The summed E-state index contributed by atoms with van der Waals surface area (Å²) < 4.78 is 0. The first-order valence-electron chi connectivity index (χ1n) is 9.73. The highest BCUT2D eigenvalue weighted by Gasteiger charge is 2.30. The average molecular weight is 334 g/mol. The van der Waals surface area contributed by atoms with Gasteiger partial charge in [-0.3, -0.25) is 0 Å². The number of nitrogens with zero attached hydrogens (tertiary/aromatic N) is 1. The van der Waals surface area contributed by atoms with Crippen LogP contribution in [0.4, 0.5) is 5.69 Å². The van der Waals surface area contributed by atoms with Crippen LogP contribution in [0, 0.1) is 0 Å². The Balaban J connectivity index is 2.26. The molecule has 23 heavy (non-hydrogen) atoms. The molecule has 1 saturated carbocycles. The van der Waals surface area contributed by atoms with Crippen molar-refractivity contribution in [3.63, 3.8) is 0 Å². The number of benzene rings is 1. The summed E-state index contributed by atoms with van der Waals surface area (Å²) in [6.45, 7) is 4.73. The van der Waals surface area contributed by atoms with Crippen LogP contribution < -0.4 is 10.2 Å². The van der Waals surface area contributed by atoms with Crippen molar-refractivity contribution in [2.45, 2.75) is 83.0 Å². The molecule has 1 aliphatic rings. The largest absolute Gasteiger partial charge is 0.378 e. The lowest BCUT2D eigenvalue weighted by Gasteiger charge is -2.37. The summed E-state index contributed by atoms with van der Waals surface area (Å²) in [6, 6.07) is 9.58. The molecular weight excluding hydrogens is 297 g/mol. The molecule has 1 aromatic carbocycles. The van der Waals surface area contributed by atoms with Crippen molar-refractivity contribution >= 4 is 18.9 Å². The predicted molar refractivity (Wildman–Crippen MR) is 108 cm³/mol. The quantitative estimate of drug-likeness (QED) is 0.515. The van der Waals surface area contributed by atoms with E-state index >= 15 is 0 Å². The van der Waals surface area contributed by atoms with Gasteiger partial charge in [0.05, 0.1) is 0 Å². The first kappa shape index (κ1) is 18.8. The molecule has 0 saturated heterocycles. The van der Waals surface area contributed by atoms with Gasteiger partial charge >= 0.3 is 0 Å². The Labute approximate surface area is 145 Å². The van der Waals surface area contributed by atoms with Crippen molar-refractivity contribution in [2.24, 2.45) is 0 Å². The van der Waals surface area contributed by atoms with Gasteiger partial charge < -0.3 is 4.90 Å². The molecule has 0 radical (unpaired) electrons. The summed E-state index contributed by atoms with van der Waals surface area (Å²) in [6.07, 6.45) is 12.9. The molecule has 2 heteroatoms. The Morgan fingerprint density at radius 3 is 2.00 bits per heavy atom. The fraction of sp³-hybridized carbons (Fsp3) is 0.714. The maximum Gasteiger partial charge on any atom is 0.0361 e. The minimum atomic E-state index is 0.000684. The molecule has 0 N–H and O–H groups in total. The zero-order chi connectivity index (χ0) is 16.7. The third kappa shape index (κ3) is 5.21. The van der Waals surface area contributed by atoms with Crippen LogP contribution in [0.1, 0.15) is 71.6 Å². The van der Waals surface area contributed by atoms with E-state index in [1.165, 1.54) is 63.5 Å². The molecule has 0 amide bonds. The van der Waals surface area contributed by atoms with Gasteiger partial charge in [-0.15, -0.1) is 0 Å². The van der Waals surface area contributed by atoms with Crippen molar-refractivity contribution in [2.75, 3.05) is 19.0 Å². The van der Waals surface area contributed by atoms with Gasteiger partial charge in [0.1, 0.15) is 0 Å². The van der Waals surface area contributed by atoms with Gasteiger partial charge in [0.2, 0.25) is 0 Å². The lowest BCUT2D eigenvalue weighted by molar-refractivity contribution is 0.507. The molecule has 1 atom stereocenters. The minimum absolute atomic E-state index is 0.000684. The Morgan fingerprint density at radius 1 is 0.957 bits per heavy atom. The zero-order valence-corrected chi connectivity index (χ0v) is 16.6. The number of rotatable bonds is 8. The van der Waals surface area contributed by atoms with Gasteiger partial charge in [-0.05, 0) is 54.4 Å². The highest BCUT2D eigenvalue weighted by molar-refractivity contribution is 7.67. The number of anilines is 1. The van der Waals surface area contributed by atoms with Crippen molar-refractivity contribution in [1.82, 2.24) is 0 Å². The summed E-state index contributed by atoms with van der Waals surface area (Å²) in [5.41, 5.74) is 3.25. The zero-order valence-electron chi connectivity index (χ0n) is 15.7. The normalized spacial score (nSPS) is 17.4.